The molecule has 2 rings (SSSR count). The van der Waals surface area contributed by atoms with Crippen LogP contribution in [0, 0.1) is 5.82 Å². The molecule has 5 heteroatoms. The standard InChI is InChI=1S/C27H37FN2O2/c1-6-20(5)29-27(32)25(7-2)30(18-22-10-15-24(28)16-11-22)26(31)17-12-21-8-13-23(14-9-21)19(3)4/h8-11,13-16,19-20,25H,6-7,12,17-18H2,1-5H3,(H,29,32)/t20-,25-/m0/s1. The number of halogens is 1. The van der Waals surface area contributed by atoms with E-state index in [1.807, 2.05) is 20.8 Å². The van der Waals surface area contributed by atoms with E-state index in [0.717, 1.165) is 17.5 Å². The van der Waals surface area contributed by atoms with Crippen molar-refractivity contribution in [3.8, 4) is 0 Å². The third-order valence-electron chi connectivity index (χ3n) is 5.93. The van der Waals surface area contributed by atoms with Crippen LogP contribution in [-0.4, -0.2) is 28.8 Å². The van der Waals surface area contributed by atoms with Crippen LogP contribution in [0.5, 0.6) is 0 Å². The number of nitrogens with one attached hydrogen (secondary N) is 1. The van der Waals surface area contributed by atoms with Crippen LogP contribution in [0.2, 0.25) is 0 Å². The summed E-state index contributed by atoms with van der Waals surface area (Å²) in [6.07, 6.45) is 2.26. The lowest BCUT2D eigenvalue weighted by atomic mass is 10.00. The maximum atomic E-state index is 13.4. The van der Waals surface area contributed by atoms with Gasteiger partial charge in [-0.1, -0.05) is 64.1 Å². The van der Waals surface area contributed by atoms with Gasteiger partial charge in [-0.25, -0.2) is 4.39 Å². The minimum atomic E-state index is -0.565. The number of nitrogens with zero attached hydrogens (tertiary/aromatic N) is 1. The zero-order valence-electron chi connectivity index (χ0n) is 20.0. The highest BCUT2D eigenvalue weighted by Gasteiger charge is 2.29. The number of hydrogen-bond donors (Lipinski definition) is 1. The molecular formula is C27H37FN2O2. The fourth-order valence-corrected chi connectivity index (χ4v) is 3.61. The van der Waals surface area contributed by atoms with E-state index in [0.29, 0.717) is 25.2 Å². The van der Waals surface area contributed by atoms with Crippen LogP contribution in [0.3, 0.4) is 0 Å². The minimum absolute atomic E-state index is 0.0406. The van der Waals surface area contributed by atoms with Gasteiger partial charge >= 0.3 is 0 Å². The molecule has 0 heterocycles. The first-order valence-electron chi connectivity index (χ1n) is 11.7. The Labute approximate surface area is 192 Å². The largest absolute Gasteiger partial charge is 0.352 e. The van der Waals surface area contributed by atoms with Crippen molar-refractivity contribution in [2.75, 3.05) is 0 Å². The highest BCUT2D eigenvalue weighted by Crippen LogP contribution is 2.18. The molecule has 0 bridgehead atoms. The Kier molecular flexibility index (Phi) is 9.89. The highest BCUT2D eigenvalue weighted by molar-refractivity contribution is 5.87. The predicted octanol–water partition coefficient (Wildman–Crippen LogP) is 5.60. The van der Waals surface area contributed by atoms with Gasteiger partial charge in [0.1, 0.15) is 11.9 Å². The van der Waals surface area contributed by atoms with Crippen molar-refractivity contribution in [3.63, 3.8) is 0 Å². The maximum Gasteiger partial charge on any atom is 0.243 e. The Balaban J connectivity index is 2.18. The molecule has 32 heavy (non-hydrogen) atoms. The van der Waals surface area contributed by atoms with Crippen LogP contribution in [0.4, 0.5) is 4.39 Å². The Morgan fingerprint density at radius 2 is 1.50 bits per heavy atom. The van der Waals surface area contributed by atoms with E-state index < -0.39 is 6.04 Å². The van der Waals surface area contributed by atoms with Crippen LogP contribution in [-0.2, 0) is 22.6 Å². The van der Waals surface area contributed by atoms with E-state index in [9.17, 15) is 14.0 Å². The summed E-state index contributed by atoms with van der Waals surface area (Å²) in [4.78, 5) is 27.9. The number of carbonyl (C=O) groups is 2. The van der Waals surface area contributed by atoms with Gasteiger partial charge in [0.15, 0.2) is 0 Å². The molecule has 2 aromatic carbocycles. The first kappa shape index (κ1) is 25.6. The summed E-state index contributed by atoms with van der Waals surface area (Å²) in [5, 5.41) is 3.01. The topological polar surface area (TPSA) is 49.4 Å². The first-order valence-corrected chi connectivity index (χ1v) is 11.7. The summed E-state index contributed by atoms with van der Waals surface area (Å²) in [5.41, 5.74) is 3.17. The fourth-order valence-electron chi connectivity index (χ4n) is 3.61. The number of carbonyl (C=O) groups excluding carboxylic acids is 2. The van der Waals surface area contributed by atoms with E-state index in [2.05, 4.69) is 43.4 Å². The molecule has 4 nitrogen and oxygen atoms in total. The second-order valence-corrected chi connectivity index (χ2v) is 8.79. The van der Waals surface area contributed by atoms with Crippen molar-refractivity contribution in [3.05, 3.63) is 71.0 Å². The monoisotopic (exact) mass is 440 g/mol. The Morgan fingerprint density at radius 3 is 2.03 bits per heavy atom. The third-order valence-corrected chi connectivity index (χ3v) is 5.93. The summed E-state index contributed by atoms with van der Waals surface area (Å²) in [7, 11) is 0. The average molecular weight is 441 g/mol. The molecule has 0 fully saturated rings. The fraction of sp³-hybridized carbons (Fsp3) is 0.481. The zero-order valence-corrected chi connectivity index (χ0v) is 20.0. The number of aryl methyl sites for hydroxylation is 1. The van der Waals surface area contributed by atoms with Gasteiger partial charge in [0.25, 0.3) is 0 Å². The average Bonchev–Trinajstić information content (AvgIpc) is 2.78. The first-order chi connectivity index (χ1) is 15.2. The molecule has 0 saturated carbocycles. The molecule has 0 radical (unpaired) electrons. The number of rotatable bonds is 11. The van der Waals surface area contributed by atoms with Gasteiger partial charge in [0.2, 0.25) is 11.8 Å². The highest BCUT2D eigenvalue weighted by atomic mass is 19.1. The number of hydrogen-bond acceptors (Lipinski definition) is 2. The molecule has 2 atom stereocenters. The summed E-state index contributed by atoms with van der Waals surface area (Å²) < 4.78 is 13.4. The Bertz CT molecular complexity index is 862. The minimum Gasteiger partial charge on any atom is -0.352 e. The molecule has 0 aliphatic rings. The normalized spacial score (nSPS) is 13.0. The second kappa shape index (κ2) is 12.4. The lowest BCUT2D eigenvalue weighted by Gasteiger charge is -2.31. The van der Waals surface area contributed by atoms with Gasteiger partial charge in [-0.05, 0) is 60.9 Å². The van der Waals surface area contributed by atoms with E-state index in [-0.39, 0.29) is 30.2 Å². The molecule has 0 saturated heterocycles. The summed E-state index contributed by atoms with van der Waals surface area (Å²) in [6.45, 7) is 10.5. The lowest BCUT2D eigenvalue weighted by molar-refractivity contribution is -0.141. The van der Waals surface area contributed by atoms with Crippen LogP contribution < -0.4 is 5.32 Å². The van der Waals surface area contributed by atoms with Crippen molar-refractivity contribution >= 4 is 11.8 Å². The van der Waals surface area contributed by atoms with Crippen molar-refractivity contribution in [2.24, 2.45) is 0 Å². The molecule has 0 spiro atoms. The van der Waals surface area contributed by atoms with Crippen molar-refractivity contribution in [1.29, 1.82) is 0 Å². The van der Waals surface area contributed by atoms with Gasteiger partial charge in [0, 0.05) is 19.0 Å². The smallest absolute Gasteiger partial charge is 0.243 e. The summed E-state index contributed by atoms with van der Waals surface area (Å²) in [5.74, 6) is -0.0729. The summed E-state index contributed by atoms with van der Waals surface area (Å²) in [6, 6.07) is 13.9. The molecule has 0 aromatic heterocycles. The number of benzene rings is 2. The Morgan fingerprint density at radius 1 is 0.906 bits per heavy atom. The van der Waals surface area contributed by atoms with Crippen molar-refractivity contribution in [2.45, 2.75) is 84.8 Å². The van der Waals surface area contributed by atoms with Gasteiger partial charge < -0.3 is 10.2 Å². The third kappa shape index (κ3) is 7.47. The van der Waals surface area contributed by atoms with Crippen LogP contribution in [0.1, 0.15) is 76.5 Å². The quantitative estimate of drug-likeness (QED) is 0.494. The molecule has 0 unspecified atom stereocenters. The van der Waals surface area contributed by atoms with Gasteiger partial charge in [0.05, 0.1) is 0 Å². The van der Waals surface area contributed by atoms with E-state index in [4.69, 9.17) is 0 Å². The molecule has 1 N–H and O–H groups in total. The molecule has 2 amide bonds. The zero-order chi connectivity index (χ0) is 23.7. The molecule has 174 valence electrons. The number of amides is 2. The molecule has 2 aromatic rings. The molecular weight excluding hydrogens is 403 g/mol. The van der Waals surface area contributed by atoms with E-state index in [1.54, 1.807) is 17.0 Å². The van der Waals surface area contributed by atoms with E-state index >= 15 is 0 Å². The van der Waals surface area contributed by atoms with Crippen LogP contribution in [0.25, 0.3) is 0 Å². The summed E-state index contributed by atoms with van der Waals surface area (Å²) >= 11 is 0. The van der Waals surface area contributed by atoms with Gasteiger partial charge in [-0.2, -0.15) is 0 Å². The van der Waals surface area contributed by atoms with Crippen molar-refractivity contribution in [1.82, 2.24) is 10.2 Å². The lowest BCUT2D eigenvalue weighted by Crippen LogP contribution is -2.50. The van der Waals surface area contributed by atoms with Crippen molar-refractivity contribution < 1.29 is 14.0 Å². The van der Waals surface area contributed by atoms with Gasteiger partial charge in [-0.3, -0.25) is 9.59 Å². The maximum absolute atomic E-state index is 13.4. The predicted molar refractivity (Wildman–Crippen MR) is 128 cm³/mol. The second-order valence-electron chi connectivity index (χ2n) is 8.79. The van der Waals surface area contributed by atoms with Crippen LogP contribution >= 0.6 is 0 Å². The van der Waals surface area contributed by atoms with Gasteiger partial charge in [-0.15, -0.1) is 0 Å². The SMILES string of the molecule is CC[C@H](C)NC(=O)[C@H](CC)N(Cc1ccc(F)cc1)C(=O)CCc1ccc(C(C)C)cc1. The Hall–Kier alpha value is -2.69. The molecule has 0 aliphatic carbocycles. The molecule has 0 aliphatic heterocycles. The van der Waals surface area contributed by atoms with E-state index in [1.165, 1.54) is 17.7 Å². The van der Waals surface area contributed by atoms with Crippen LogP contribution in [0.15, 0.2) is 48.5 Å².